The van der Waals surface area contributed by atoms with E-state index in [0.29, 0.717) is 32.7 Å². The molecule has 0 aromatic rings. The maximum absolute atomic E-state index is 10.4. The Balaban J connectivity index is 2.92. The summed E-state index contributed by atoms with van der Waals surface area (Å²) in [6.07, 6.45) is 1.30. The maximum atomic E-state index is 10.4. The van der Waals surface area contributed by atoms with Gasteiger partial charge in [-0.15, -0.1) is 0 Å². The molecule has 0 saturated carbocycles. The van der Waals surface area contributed by atoms with Gasteiger partial charge in [-0.2, -0.15) is 5.06 Å². The molecule has 0 bridgehead atoms. The number of rotatable bonds is 8. The quantitative estimate of drug-likeness (QED) is 0.688. The second-order valence-electron chi connectivity index (χ2n) is 6.88. The molecule has 0 amide bonds. The Kier molecular flexibility index (Phi) is 7.01. The van der Waals surface area contributed by atoms with Crippen molar-refractivity contribution in [1.29, 1.82) is 0 Å². The Morgan fingerprint density at radius 2 is 1.27 bits per heavy atom. The molecule has 7 heteroatoms. The average Bonchev–Trinajstić information content (AvgIpc) is 2.36. The molecule has 0 radical (unpaired) electrons. The van der Waals surface area contributed by atoms with Gasteiger partial charge in [0, 0.05) is 30.9 Å². The van der Waals surface area contributed by atoms with Crippen LogP contribution in [0.3, 0.4) is 0 Å². The fraction of sp³-hybridized carbons (Fsp3) is 1.00. The van der Waals surface area contributed by atoms with Crippen molar-refractivity contribution in [3.8, 4) is 0 Å². The minimum absolute atomic E-state index is 0.0790. The lowest BCUT2D eigenvalue weighted by Gasteiger charge is -2.51. The van der Waals surface area contributed by atoms with Gasteiger partial charge in [0.2, 0.25) is 0 Å². The van der Waals surface area contributed by atoms with Gasteiger partial charge in [-0.25, -0.2) is 0 Å². The lowest BCUT2D eigenvalue weighted by Crippen LogP contribution is -2.63. The molecule has 1 heterocycles. The molecular weight excluding hydrogens is 302 g/mol. The Bertz CT molecular complexity index is 316. The summed E-state index contributed by atoms with van der Waals surface area (Å²) in [7, 11) is -3.13. The minimum Gasteiger partial charge on any atom is -0.351 e. The summed E-state index contributed by atoms with van der Waals surface area (Å²) in [6.45, 7) is 15.2. The topological polar surface area (TPSA) is 60.4 Å². The molecule has 0 spiro atoms. The molecule has 132 valence electrons. The van der Waals surface area contributed by atoms with Crippen LogP contribution in [0.4, 0.5) is 0 Å². The minimum atomic E-state index is -3.13. The lowest BCUT2D eigenvalue weighted by atomic mass is 9.80. The van der Waals surface area contributed by atoms with Crippen LogP contribution in [0.5, 0.6) is 0 Å². The van der Waals surface area contributed by atoms with Gasteiger partial charge in [-0.1, -0.05) is 0 Å². The molecule has 1 rings (SSSR count). The van der Waals surface area contributed by atoms with Gasteiger partial charge in [0.1, 0.15) is 0 Å². The number of nitrogens with zero attached hydrogens (tertiary/aromatic N) is 1. The number of hydrogen-bond donors (Lipinski definition) is 1. The van der Waals surface area contributed by atoms with Crippen LogP contribution in [0.25, 0.3) is 0 Å². The molecule has 0 unspecified atom stereocenters. The first-order valence-electron chi connectivity index (χ1n) is 8.21. The predicted molar refractivity (Wildman–Crippen MR) is 86.5 cm³/mol. The van der Waals surface area contributed by atoms with Gasteiger partial charge >= 0.3 is 9.05 Å². The van der Waals surface area contributed by atoms with E-state index in [1.165, 1.54) is 5.06 Å². The van der Waals surface area contributed by atoms with Gasteiger partial charge in [-0.3, -0.25) is 0 Å². The largest absolute Gasteiger partial charge is 0.679 e. The normalized spacial score (nSPS) is 22.9. The Labute approximate surface area is 136 Å². The third-order valence-electron chi connectivity index (χ3n) is 3.88. The highest BCUT2D eigenvalue weighted by Gasteiger charge is 2.52. The first kappa shape index (κ1) is 20.0. The highest BCUT2D eigenvalue weighted by molar-refractivity contribution is 6.53. The second-order valence-corrected chi connectivity index (χ2v) is 8.99. The van der Waals surface area contributed by atoms with E-state index < -0.39 is 9.05 Å². The molecule has 0 aromatic heterocycles. The number of hydrogen-bond acceptors (Lipinski definition) is 6. The molecule has 0 aliphatic carbocycles. The van der Waals surface area contributed by atoms with Crippen molar-refractivity contribution < 1.29 is 22.9 Å². The van der Waals surface area contributed by atoms with Crippen LogP contribution in [-0.4, -0.2) is 56.3 Å². The monoisotopic (exact) mass is 335 g/mol. The van der Waals surface area contributed by atoms with E-state index in [0.717, 1.165) is 0 Å². The van der Waals surface area contributed by atoms with Crippen LogP contribution >= 0.6 is 0 Å². The van der Waals surface area contributed by atoms with E-state index in [9.17, 15) is 5.21 Å². The van der Waals surface area contributed by atoms with Crippen molar-refractivity contribution in [2.24, 2.45) is 0 Å². The van der Waals surface area contributed by atoms with Gasteiger partial charge < -0.3 is 22.9 Å². The molecule has 22 heavy (non-hydrogen) atoms. The average molecular weight is 336 g/mol. The summed E-state index contributed by atoms with van der Waals surface area (Å²) in [6, 6.07) is 0. The second kappa shape index (κ2) is 7.70. The standard InChI is InChI=1S/C15H33NO5Si/c1-8-18-22(19-9-2,20-10-3)21-13-11-14(4,5)16(17)15(6,7)12-13/h13,17H,8-12H2,1-7H3. The number of piperidine rings is 1. The van der Waals surface area contributed by atoms with Crippen molar-refractivity contribution in [2.75, 3.05) is 19.8 Å². The zero-order valence-corrected chi connectivity index (χ0v) is 16.1. The molecule has 1 fully saturated rings. The zero-order valence-electron chi connectivity index (χ0n) is 15.1. The highest BCUT2D eigenvalue weighted by atomic mass is 28.4. The van der Waals surface area contributed by atoms with Crippen LogP contribution in [0, 0.1) is 0 Å². The summed E-state index contributed by atoms with van der Waals surface area (Å²) in [5.41, 5.74) is -0.756. The van der Waals surface area contributed by atoms with Gasteiger partial charge in [-0.05, 0) is 61.3 Å². The van der Waals surface area contributed by atoms with Crippen LogP contribution in [-0.2, 0) is 17.7 Å². The van der Waals surface area contributed by atoms with Gasteiger partial charge in [0.05, 0.1) is 6.10 Å². The summed E-state index contributed by atoms with van der Waals surface area (Å²) in [5.74, 6) is 0. The smallest absolute Gasteiger partial charge is 0.351 e. The third kappa shape index (κ3) is 4.74. The van der Waals surface area contributed by atoms with Crippen LogP contribution in [0.2, 0.25) is 0 Å². The Morgan fingerprint density at radius 1 is 0.909 bits per heavy atom. The SMILES string of the molecule is CCO[Si](OCC)(OCC)OC1CC(C)(C)N(O)C(C)(C)C1. The molecule has 1 saturated heterocycles. The summed E-state index contributed by atoms with van der Waals surface area (Å²) < 4.78 is 23.6. The fourth-order valence-electron chi connectivity index (χ4n) is 3.22. The van der Waals surface area contributed by atoms with Crippen molar-refractivity contribution in [2.45, 2.75) is 78.5 Å². The molecule has 6 nitrogen and oxygen atoms in total. The van der Waals surface area contributed by atoms with E-state index in [1.807, 2.05) is 48.5 Å². The predicted octanol–water partition coefficient (Wildman–Crippen LogP) is 2.96. The molecule has 0 atom stereocenters. The van der Waals surface area contributed by atoms with Crippen LogP contribution in [0.1, 0.15) is 61.3 Å². The molecule has 1 aliphatic heterocycles. The van der Waals surface area contributed by atoms with Crippen LogP contribution in [0.15, 0.2) is 0 Å². The summed E-state index contributed by atoms with van der Waals surface area (Å²) in [4.78, 5) is 0. The van der Waals surface area contributed by atoms with Crippen molar-refractivity contribution >= 4 is 9.05 Å². The van der Waals surface area contributed by atoms with Crippen molar-refractivity contribution in [3.05, 3.63) is 0 Å². The first-order valence-corrected chi connectivity index (χ1v) is 9.84. The maximum Gasteiger partial charge on any atom is 0.679 e. The first-order chi connectivity index (χ1) is 10.1. The molecule has 1 N–H and O–H groups in total. The summed E-state index contributed by atoms with van der Waals surface area (Å²) >= 11 is 0. The van der Waals surface area contributed by atoms with E-state index in [-0.39, 0.29) is 17.2 Å². The van der Waals surface area contributed by atoms with E-state index >= 15 is 0 Å². The third-order valence-corrected chi connectivity index (χ3v) is 6.42. The van der Waals surface area contributed by atoms with Gasteiger partial charge in [0.25, 0.3) is 0 Å². The van der Waals surface area contributed by atoms with E-state index in [4.69, 9.17) is 17.7 Å². The molecule has 0 aromatic carbocycles. The van der Waals surface area contributed by atoms with Crippen molar-refractivity contribution in [3.63, 3.8) is 0 Å². The Morgan fingerprint density at radius 3 is 1.59 bits per heavy atom. The molecular formula is C15H33NO5Si. The lowest BCUT2D eigenvalue weighted by molar-refractivity contribution is -0.259. The van der Waals surface area contributed by atoms with Gasteiger partial charge in [0.15, 0.2) is 0 Å². The Hall–Kier alpha value is -0.0231. The van der Waals surface area contributed by atoms with E-state index in [1.54, 1.807) is 0 Å². The fourth-order valence-corrected chi connectivity index (χ4v) is 5.31. The zero-order chi connectivity index (χ0) is 17.0. The van der Waals surface area contributed by atoms with Crippen molar-refractivity contribution in [1.82, 2.24) is 5.06 Å². The number of hydroxylamine groups is 2. The summed E-state index contributed by atoms with van der Waals surface area (Å²) in [5, 5.41) is 11.8. The highest BCUT2D eigenvalue weighted by Crippen LogP contribution is 2.39. The van der Waals surface area contributed by atoms with E-state index in [2.05, 4.69) is 0 Å². The molecule has 1 aliphatic rings. The van der Waals surface area contributed by atoms with Crippen LogP contribution < -0.4 is 0 Å².